The fraction of sp³-hybridized carbons (Fsp3) is 0.233. The molecular formula is C43H37N9O5. The molecule has 14 heteroatoms. The van der Waals surface area contributed by atoms with Crippen LogP contribution >= 0.6 is 0 Å². The van der Waals surface area contributed by atoms with Gasteiger partial charge in [0.1, 0.15) is 11.7 Å². The van der Waals surface area contributed by atoms with Crippen LogP contribution in [0.5, 0.6) is 0 Å². The Kier molecular flexibility index (Phi) is 8.87. The quantitative estimate of drug-likeness (QED) is 0.215. The van der Waals surface area contributed by atoms with E-state index < -0.39 is 11.9 Å². The van der Waals surface area contributed by atoms with Crippen molar-refractivity contribution in [1.82, 2.24) is 45.2 Å². The predicted octanol–water partition coefficient (Wildman–Crippen LogP) is 4.31. The van der Waals surface area contributed by atoms with Gasteiger partial charge in [0.2, 0.25) is 17.7 Å². The summed E-state index contributed by atoms with van der Waals surface area (Å²) in [4.78, 5) is 80.2. The van der Waals surface area contributed by atoms with Crippen molar-refractivity contribution in [2.24, 2.45) is 0 Å². The van der Waals surface area contributed by atoms with E-state index in [1.165, 1.54) is 4.90 Å². The zero-order chi connectivity index (χ0) is 39.4. The lowest BCUT2D eigenvalue weighted by Gasteiger charge is -2.29. The lowest BCUT2D eigenvalue weighted by molar-refractivity contribution is -0.137. The van der Waals surface area contributed by atoms with Crippen LogP contribution in [-0.2, 0) is 46.9 Å². The highest BCUT2D eigenvalue weighted by Crippen LogP contribution is 2.35. The van der Waals surface area contributed by atoms with Crippen LogP contribution in [0.25, 0.3) is 38.8 Å². The number of likely N-dealkylation sites (N-methyl/N-ethyl adjacent to an activating group) is 1. The fourth-order valence-electron chi connectivity index (χ4n) is 8.02. The van der Waals surface area contributed by atoms with E-state index in [4.69, 9.17) is 10.1 Å². The van der Waals surface area contributed by atoms with Crippen molar-refractivity contribution in [3.8, 4) is 28.1 Å². The normalized spacial score (nSPS) is 16.5. The molecule has 0 aliphatic carbocycles. The molecular weight excluding hydrogens is 723 g/mol. The second-order valence-corrected chi connectivity index (χ2v) is 14.6. The minimum Gasteiger partial charge on any atom is -0.347 e. The first-order chi connectivity index (χ1) is 27.7. The summed E-state index contributed by atoms with van der Waals surface area (Å²) >= 11 is 0. The van der Waals surface area contributed by atoms with Crippen molar-refractivity contribution in [3.05, 3.63) is 125 Å². The first-order valence-electron chi connectivity index (χ1n) is 18.8. The summed E-state index contributed by atoms with van der Waals surface area (Å²) in [6.07, 6.45) is 8.40. The molecule has 0 bridgehead atoms. The number of hydrogen-bond donors (Lipinski definition) is 2. The minimum atomic E-state index is -0.707. The van der Waals surface area contributed by atoms with Gasteiger partial charge in [0.25, 0.3) is 11.8 Å². The molecule has 5 amide bonds. The summed E-state index contributed by atoms with van der Waals surface area (Å²) in [5.74, 6) is -1.29. The Bertz CT molecular complexity index is 2670. The highest BCUT2D eigenvalue weighted by atomic mass is 16.2. The third-order valence-corrected chi connectivity index (χ3v) is 11.1. The van der Waals surface area contributed by atoms with Crippen molar-refractivity contribution in [1.29, 1.82) is 0 Å². The Morgan fingerprint density at radius 3 is 2.54 bits per heavy atom. The molecule has 0 spiro atoms. The summed E-state index contributed by atoms with van der Waals surface area (Å²) in [7, 11) is 1.81. The summed E-state index contributed by atoms with van der Waals surface area (Å²) in [6, 6.07) is 18.2. The summed E-state index contributed by atoms with van der Waals surface area (Å²) in [5.41, 5.74) is 9.21. The van der Waals surface area contributed by atoms with E-state index in [9.17, 15) is 24.0 Å². The van der Waals surface area contributed by atoms with E-state index in [-0.39, 0.29) is 55.3 Å². The number of pyridine rings is 3. The van der Waals surface area contributed by atoms with Gasteiger partial charge in [-0.2, -0.15) is 5.10 Å². The molecule has 9 rings (SSSR count). The number of nitrogens with zero attached hydrogens (tertiary/aromatic N) is 7. The number of imide groups is 1. The van der Waals surface area contributed by atoms with Crippen LogP contribution in [0.3, 0.4) is 0 Å². The van der Waals surface area contributed by atoms with Crippen LogP contribution in [0.1, 0.15) is 68.7 Å². The van der Waals surface area contributed by atoms with E-state index in [1.54, 1.807) is 41.7 Å². The number of piperidine rings is 1. The average molecular weight is 760 g/mol. The smallest absolute Gasteiger partial charge is 0.270 e. The van der Waals surface area contributed by atoms with Crippen molar-refractivity contribution in [2.45, 2.75) is 58.3 Å². The van der Waals surface area contributed by atoms with Crippen molar-refractivity contribution >= 4 is 40.3 Å². The second kappa shape index (κ2) is 14.2. The van der Waals surface area contributed by atoms with Crippen LogP contribution < -0.4 is 10.6 Å². The lowest BCUT2D eigenvalue weighted by atomic mass is 9.97. The number of hydrogen-bond acceptors (Lipinski definition) is 9. The molecule has 0 saturated carbocycles. The molecule has 3 aliphatic heterocycles. The average Bonchev–Trinajstić information content (AvgIpc) is 3.76. The van der Waals surface area contributed by atoms with Gasteiger partial charge in [-0.05, 0) is 71.3 Å². The van der Waals surface area contributed by atoms with Gasteiger partial charge in [-0.1, -0.05) is 31.2 Å². The van der Waals surface area contributed by atoms with Gasteiger partial charge >= 0.3 is 0 Å². The van der Waals surface area contributed by atoms with Gasteiger partial charge in [0, 0.05) is 79.0 Å². The zero-order valence-electron chi connectivity index (χ0n) is 31.3. The number of rotatable bonds is 8. The Balaban J connectivity index is 0.889. The Morgan fingerprint density at radius 1 is 0.895 bits per heavy atom. The maximum atomic E-state index is 13.3. The van der Waals surface area contributed by atoms with Crippen molar-refractivity contribution in [3.63, 3.8) is 0 Å². The molecule has 1 fully saturated rings. The van der Waals surface area contributed by atoms with E-state index in [0.717, 1.165) is 67.6 Å². The molecule has 7 heterocycles. The van der Waals surface area contributed by atoms with Crippen LogP contribution in [-0.4, -0.2) is 77.2 Å². The Morgan fingerprint density at radius 2 is 1.74 bits per heavy atom. The number of carbonyl (C=O) groups excluding carboxylic acids is 5. The maximum Gasteiger partial charge on any atom is 0.270 e. The van der Waals surface area contributed by atoms with Gasteiger partial charge in [-0.3, -0.25) is 44.2 Å². The molecule has 4 aromatic heterocycles. The van der Waals surface area contributed by atoms with Crippen molar-refractivity contribution < 1.29 is 24.0 Å². The lowest BCUT2D eigenvalue weighted by Crippen LogP contribution is -2.52. The van der Waals surface area contributed by atoms with Crippen molar-refractivity contribution in [2.75, 3.05) is 7.05 Å². The molecule has 284 valence electrons. The molecule has 14 nitrogen and oxygen atoms in total. The van der Waals surface area contributed by atoms with E-state index in [1.807, 2.05) is 60.4 Å². The van der Waals surface area contributed by atoms with Crippen LogP contribution in [0.4, 0.5) is 0 Å². The number of nitrogens with one attached hydrogen (secondary N) is 2. The van der Waals surface area contributed by atoms with E-state index in [0.29, 0.717) is 24.2 Å². The first-order valence-corrected chi connectivity index (χ1v) is 18.8. The fourth-order valence-corrected chi connectivity index (χ4v) is 8.02. The molecule has 2 N–H and O–H groups in total. The monoisotopic (exact) mass is 759 g/mol. The third-order valence-electron chi connectivity index (χ3n) is 11.1. The maximum absolute atomic E-state index is 13.3. The van der Waals surface area contributed by atoms with E-state index >= 15 is 0 Å². The summed E-state index contributed by atoms with van der Waals surface area (Å²) < 4.78 is 1.96. The highest BCUT2D eigenvalue weighted by molar-refractivity contribution is 6.06. The number of carbonyl (C=O) groups is 5. The largest absolute Gasteiger partial charge is 0.347 e. The molecule has 1 atom stereocenters. The number of benzene rings is 2. The van der Waals surface area contributed by atoms with Gasteiger partial charge in [0.05, 0.1) is 35.7 Å². The first kappa shape index (κ1) is 35.6. The number of aryl methyl sites for hydroxylation is 1. The molecule has 2 aromatic carbocycles. The Hall–Kier alpha value is -7.09. The molecule has 0 radical (unpaired) electrons. The van der Waals surface area contributed by atoms with Gasteiger partial charge in [-0.25, -0.2) is 4.68 Å². The van der Waals surface area contributed by atoms with E-state index in [2.05, 4.69) is 27.5 Å². The standard InChI is InChI=1S/C43H37N9O5/c1-3-33-30-16-40(54)50(2)23-38(30)52(49-33)36-9-4-6-25-15-35(46-21-31(25)36)26-10-11-34(45-20-26)41(55)47-18-24-14-27(19-44-17-24)28-7-5-8-29-32(28)22-51(43(29)57)37-12-13-39(53)48-42(37)56/h4-11,14-15,17,19-21,37H,3,12-13,16,18,22-23H2,1-2H3,(H,47,55)(H,48,53,56). The van der Waals surface area contributed by atoms with Crippen LogP contribution in [0, 0.1) is 0 Å². The summed E-state index contributed by atoms with van der Waals surface area (Å²) in [5, 5.41) is 12.1. The highest BCUT2D eigenvalue weighted by Gasteiger charge is 2.40. The number of amides is 5. The number of fused-ring (bicyclic) bond motifs is 3. The molecule has 57 heavy (non-hydrogen) atoms. The summed E-state index contributed by atoms with van der Waals surface area (Å²) in [6.45, 7) is 2.98. The van der Waals surface area contributed by atoms with Gasteiger partial charge in [-0.15, -0.1) is 0 Å². The van der Waals surface area contributed by atoms with Gasteiger partial charge < -0.3 is 15.1 Å². The molecule has 3 aliphatic rings. The molecule has 1 unspecified atom stereocenters. The topological polar surface area (TPSA) is 172 Å². The predicted molar refractivity (Wildman–Crippen MR) is 209 cm³/mol. The van der Waals surface area contributed by atoms with Crippen LogP contribution in [0.15, 0.2) is 85.5 Å². The van der Waals surface area contributed by atoms with Crippen LogP contribution in [0.2, 0.25) is 0 Å². The molecule has 1 saturated heterocycles. The zero-order valence-corrected chi connectivity index (χ0v) is 31.3. The third kappa shape index (κ3) is 6.38. The van der Waals surface area contributed by atoms with Gasteiger partial charge in [0.15, 0.2) is 0 Å². The SMILES string of the molecule is CCc1nn(-c2cccc3cc(-c4ccc(C(=O)NCc5cncc(-c6cccc7c6CN(C6CCC(=O)NC6=O)C7=O)c5)nc4)ncc23)c2c1CC(=O)N(C)C2. The Labute approximate surface area is 326 Å². The molecule has 6 aromatic rings. The second-order valence-electron chi connectivity index (χ2n) is 14.6. The number of aromatic nitrogens is 5. The minimum absolute atomic E-state index is 0.0936.